The zero-order chi connectivity index (χ0) is 12.7. The van der Waals surface area contributed by atoms with Crippen LogP contribution >= 0.6 is 35.0 Å². The van der Waals surface area contributed by atoms with Gasteiger partial charge in [-0.05, 0) is 50.3 Å². The summed E-state index contributed by atoms with van der Waals surface area (Å²) in [5, 5.41) is 4.58. The van der Waals surface area contributed by atoms with Gasteiger partial charge in [0.2, 0.25) is 0 Å². The average Bonchev–Trinajstić information content (AvgIpc) is 2.34. The Kier molecular flexibility index (Phi) is 7.36. The average molecular weight is 292 g/mol. The Morgan fingerprint density at radius 2 is 2.06 bits per heavy atom. The molecular formula is C13H19Cl2NS. The minimum atomic E-state index is 0.622. The van der Waals surface area contributed by atoms with E-state index in [0.29, 0.717) is 16.1 Å². The number of hydrogen-bond acceptors (Lipinski definition) is 2. The number of halogens is 2. The summed E-state index contributed by atoms with van der Waals surface area (Å²) < 4.78 is 0. The first-order chi connectivity index (χ1) is 8.17. The minimum absolute atomic E-state index is 0.622. The van der Waals surface area contributed by atoms with Crippen LogP contribution in [-0.4, -0.2) is 18.8 Å². The molecule has 1 unspecified atom stereocenters. The maximum atomic E-state index is 5.97. The van der Waals surface area contributed by atoms with Gasteiger partial charge in [-0.3, -0.25) is 0 Å². The number of benzene rings is 1. The van der Waals surface area contributed by atoms with E-state index in [9.17, 15) is 0 Å². The van der Waals surface area contributed by atoms with Gasteiger partial charge in [0.1, 0.15) is 0 Å². The molecule has 0 bridgehead atoms. The van der Waals surface area contributed by atoms with Gasteiger partial charge >= 0.3 is 0 Å². The van der Waals surface area contributed by atoms with Crippen LogP contribution < -0.4 is 5.32 Å². The van der Waals surface area contributed by atoms with E-state index in [4.69, 9.17) is 23.2 Å². The second kappa shape index (κ2) is 8.25. The lowest BCUT2D eigenvalue weighted by atomic mass is 10.1. The van der Waals surface area contributed by atoms with Crippen molar-refractivity contribution in [2.24, 2.45) is 0 Å². The Hall–Kier alpha value is 0.110. The number of thioether (sulfide) groups is 1. The van der Waals surface area contributed by atoms with Crippen molar-refractivity contribution in [3.63, 3.8) is 0 Å². The highest BCUT2D eigenvalue weighted by Gasteiger charge is 2.03. The molecule has 0 aliphatic carbocycles. The van der Waals surface area contributed by atoms with Crippen LogP contribution in [0.5, 0.6) is 0 Å². The third-order valence-corrected chi connectivity index (χ3v) is 4.58. The molecule has 0 spiro atoms. The third-order valence-electron chi connectivity index (χ3n) is 2.76. The molecule has 1 aromatic rings. The topological polar surface area (TPSA) is 12.0 Å². The molecule has 0 heterocycles. The molecule has 0 saturated heterocycles. The molecule has 0 aliphatic rings. The Labute approximate surface area is 118 Å². The normalized spacial score (nSPS) is 12.7. The summed E-state index contributed by atoms with van der Waals surface area (Å²) in [6.07, 6.45) is 3.62. The zero-order valence-electron chi connectivity index (χ0n) is 10.3. The van der Waals surface area contributed by atoms with Crippen molar-refractivity contribution in [1.29, 1.82) is 0 Å². The van der Waals surface area contributed by atoms with Crippen LogP contribution in [0.2, 0.25) is 10.0 Å². The van der Waals surface area contributed by atoms with E-state index in [2.05, 4.69) is 12.2 Å². The molecule has 1 N–H and O–H groups in total. The van der Waals surface area contributed by atoms with Gasteiger partial charge in [0.05, 0.1) is 10.0 Å². The third kappa shape index (κ3) is 5.52. The number of rotatable bonds is 7. The van der Waals surface area contributed by atoms with Gasteiger partial charge in [0.25, 0.3) is 0 Å². The van der Waals surface area contributed by atoms with Crippen molar-refractivity contribution < 1.29 is 0 Å². The molecule has 17 heavy (non-hydrogen) atoms. The summed E-state index contributed by atoms with van der Waals surface area (Å²) in [6, 6.07) is 6.46. The molecule has 1 nitrogen and oxygen atoms in total. The number of hydrogen-bond donors (Lipinski definition) is 1. The fraction of sp³-hybridized carbons (Fsp3) is 0.538. The zero-order valence-corrected chi connectivity index (χ0v) is 12.6. The van der Waals surface area contributed by atoms with Crippen molar-refractivity contribution in [2.45, 2.75) is 37.1 Å². The second-order valence-electron chi connectivity index (χ2n) is 3.96. The highest BCUT2D eigenvalue weighted by atomic mass is 35.5. The molecule has 0 saturated carbocycles. The maximum Gasteiger partial charge on any atom is 0.0603 e. The fourth-order valence-electron chi connectivity index (χ4n) is 1.64. The Morgan fingerprint density at radius 1 is 1.29 bits per heavy atom. The molecule has 0 radical (unpaired) electrons. The summed E-state index contributed by atoms with van der Waals surface area (Å²) in [4.78, 5) is 1.19. The molecule has 4 heteroatoms. The highest BCUT2D eigenvalue weighted by molar-refractivity contribution is 7.99. The summed E-state index contributed by atoms with van der Waals surface area (Å²) in [7, 11) is 2.03. The highest BCUT2D eigenvalue weighted by Crippen LogP contribution is 2.28. The first-order valence-electron chi connectivity index (χ1n) is 5.92. The largest absolute Gasteiger partial charge is 0.317 e. The van der Waals surface area contributed by atoms with E-state index in [1.807, 2.05) is 37.0 Å². The molecule has 1 aromatic carbocycles. The van der Waals surface area contributed by atoms with Crippen LogP contribution in [0.1, 0.15) is 26.2 Å². The van der Waals surface area contributed by atoms with Gasteiger partial charge in [0, 0.05) is 10.9 Å². The molecule has 96 valence electrons. The van der Waals surface area contributed by atoms with Crippen molar-refractivity contribution >= 4 is 35.0 Å². The van der Waals surface area contributed by atoms with Gasteiger partial charge < -0.3 is 5.32 Å². The molecule has 0 amide bonds. The summed E-state index contributed by atoms with van der Waals surface area (Å²) >= 11 is 13.7. The van der Waals surface area contributed by atoms with Crippen LogP contribution in [0.15, 0.2) is 23.1 Å². The molecular weight excluding hydrogens is 273 g/mol. The van der Waals surface area contributed by atoms with E-state index in [-0.39, 0.29) is 0 Å². The van der Waals surface area contributed by atoms with Gasteiger partial charge in [0.15, 0.2) is 0 Å². The van der Waals surface area contributed by atoms with Crippen molar-refractivity contribution in [1.82, 2.24) is 5.32 Å². The Bertz CT molecular complexity index is 340. The fourth-order valence-corrected chi connectivity index (χ4v) is 2.91. The van der Waals surface area contributed by atoms with Gasteiger partial charge in [-0.1, -0.05) is 30.1 Å². The predicted octanol–water partition coefficient (Wildman–Crippen LogP) is 4.86. The van der Waals surface area contributed by atoms with Crippen LogP contribution in [0.25, 0.3) is 0 Å². The lowest BCUT2D eigenvalue weighted by molar-refractivity contribution is 0.504. The van der Waals surface area contributed by atoms with Crippen molar-refractivity contribution in [3.8, 4) is 0 Å². The lowest BCUT2D eigenvalue weighted by Crippen LogP contribution is -2.23. The van der Waals surface area contributed by atoms with E-state index in [0.717, 1.165) is 5.75 Å². The van der Waals surface area contributed by atoms with Crippen LogP contribution in [0, 0.1) is 0 Å². The van der Waals surface area contributed by atoms with E-state index >= 15 is 0 Å². The van der Waals surface area contributed by atoms with E-state index < -0.39 is 0 Å². The standard InChI is InChI=1S/C13H19Cl2NS/c1-3-10(16-2)5-4-8-17-11-6-7-12(14)13(15)9-11/h6-7,9-10,16H,3-5,8H2,1-2H3. The lowest BCUT2D eigenvalue weighted by Gasteiger charge is -2.12. The quantitative estimate of drug-likeness (QED) is 0.568. The molecule has 1 rings (SSSR count). The van der Waals surface area contributed by atoms with Crippen LogP contribution in [0.3, 0.4) is 0 Å². The van der Waals surface area contributed by atoms with Crippen molar-refractivity contribution in [3.05, 3.63) is 28.2 Å². The monoisotopic (exact) mass is 291 g/mol. The minimum Gasteiger partial charge on any atom is -0.317 e. The molecule has 0 aliphatic heterocycles. The predicted molar refractivity (Wildman–Crippen MR) is 79.6 cm³/mol. The smallest absolute Gasteiger partial charge is 0.0603 e. The first kappa shape index (κ1) is 15.2. The van der Waals surface area contributed by atoms with Crippen LogP contribution in [0.4, 0.5) is 0 Å². The Morgan fingerprint density at radius 3 is 2.65 bits per heavy atom. The molecule has 0 fully saturated rings. The Balaban J connectivity index is 2.28. The van der Waals surface area contributed by atoms with Gasteiger partial charge in [-0.2, -0.15) is 0 Å². The number of nitrogens with one attached hydrogen (secondary N) is 1. The first-order valence-corrected chi connectivity index (χ1v) is 7.66. The van der Waals surface area contributed by atoms with Gasteiger partial charge in [-0.25, -0.2) is 0 Å². The van der Waals surface area contributed by atoms with Crippen LogP contribution in [-0.2, 0) is 0 Å². The van der Waals surface area contributed by atoms with E-state index in [1.54, 1.807) is 0 Å². The summed E-state index contributed by atoms with van der Waals surface area (Å²) in [5.74, 6) is 1.12. The molecule has 1 atom stereocenters. The summed E-state index contributed by atoms with van der Waals surface area (Å²) in [5.41, 5.74) is 0. The van der Waals surface area contributed by atoms with Crippen molar-refractivity contribution in [2.75, 3.05) is 12.8 Å². The second-order valence-corrected chi connectivity index (χ2v) is 5.94. The maximum absolute atomic E-state index is 5.97. The van der Waals surface area contributed by atoms with E-state index in [1.165, 1.54) is 24.2 Å². The summed E-state index contributed by atoms with van der Waals surface area (Å²) in [6.45, 7) is 2.22. The molecule has 0 aromatic heterocycles. The van der Waals surface area contributed by atoms with Gasteiger partial charge in [-0.15, -0.1) is 11.8 Å². The SMILES string of the molecule is CCC(CCCSc1ccc(Cl)c(Cl)c1)NC.